The number of carbonyl (C=O) groups is 1. The van der Waals surface area contributed by atoms with Crippen LogP contribution >= 0.6 is 11.6 Å². The van der Waals surface area contributed by atoms with Gasteiger partial charge in [-0.3, -0.25) is 0 Å². The monoisotopic (exact) mass is 325 g/mol. The normalized spacial score (nSPS) is 17.5. The van der Waals surface area contributed by atoms with Gasteiger partial charge in [-0.1, -0.05) is 11.6 Å². The van der Waals surface area contributed by atoms with Gasteiger partial charge in [0, 0.05) is 37.2 Å². The number of hydrogen-bond donors (Lipinski definition) is 1. The molecule has 1 aromatic carbocycles. The molecule has 1 fully saturated rings. The predicted octanol–water partition coefficient (Wildman–Crippen LogP) is 2.98. The maximum atomic E-state index is 12.1. The Balaban J connectivity index is 2.01. The van der Waals surface area contributed by atoms with E-state index in [1.807, 2.05) is 32.0 Å². The Kier molecular flexibility index (Phi) is 5.77. The van der Waals surface area contributed by atoms with E-state index in [-0.39, 0.29) is 12.1 Å². The molecule has 0 aromatic heterocycles. The van der Waals surface area contributed by atoms with E-state index in [4.69, 9.17) is 16.3 Å². The Labute approximate surface area is 137 Å². The van der Waals surface area contributed by atoms with Crippen molar-refractivity contribution in [3.8, 4) is 5.75 Å². The summed E-state index contributed by atoms with van der Waals surface area (Å²) in [5, 5.41) is 3.79. The maximum Gasteiger partial charge on any atom is 0.317 e. The minimum absolute atomic E-state index is 0.00918. The molecule has 1 saturated heterocycles. The summed E-state index contributed by atoms with van der Waals surface area (Å²) in [4.78, 5) is 16.1. The molecule has 0 aliphatic carbocycles. The van der Waals surface area contributed by atoms with Gasteiger partial charge in [-0.05, 0) is 38.5 Å². The fraction of sp³-hybridized carbons (Fsp3) is 0.562. The Morgan fingerprint density at radius 1 is 1.45 bits per heavy atom. The SMILES string of the molecule is CCN(CC)C(=O)N[C@@H]1CCN(c2cc(Cl)ccc2OC)C1. The van der Waals surface area contributed by atoms with Crippen molar-refractivity contribution in [2.75, 3.05) is 38.2 Å². The van der Waals surface area contributed by atoms with Crippen LogP contribution in [-0.4, -0.2) is 50.3 Å². The van der Waals surface area contributed by atoms with Gasteiger partial charge in [0.1, 0.15) is 5.75 Å². The van der Waals surface area contributed by atoms with Gasteiger partial charge < -0.3 is 19.9 Å². The number of ether oxygens (including phenoxy) is 1. The number of carbonyl (C=O) groups excluding carboxylic acids is 1. The minimum atomic E-state index is 0.00918. The molecule has 6 heteroatoms. The average molecular weight is 326 g/mol. The van der Waals surface area contributed by atoms with E-state index in [0.717, 1.165) is 44.0 Å². The number of nitrogens with one attached hydrogen (secondary N) is 1. The van der Waals surface area contributed by atoms with E-state index in [2.05, 4.69) is 10.2 Å². The zero-order chi connectivity index (χ0) is 16.1. The van der Waals surface area contributed by atoms with Gasteiger partial charge in [0.2, 0.25) is 0 Å². The molecule has 1 aliphatic rings. The van der Waals surface area contributed by atoms with Crippen LogP contribution in [0.3, 0.4) is 0 Å². The van der Waals surface area contributed by atoms with Gasteiger partial charge in [-0.15, -0.1) is 0 Å². The fourth-order valence-electron chi connectivity index (χ4n) is 2.78. The summed E-state index contributed by atoms with van der Waals surface area (Å²) in [6, 6.07) is 5.76. The highest BCUT2D eigenvalue weighted by Gasteiger charge is 2.27. The first-order chi connectivity index (χ1) is 10.6. The molecule has 1 heterocycles. The lowest BCUT2D eigenvalue weighted by atomic mass is 10.2. The third-order valence-electron chi connectivity index (χ3n) is 4.05. The number of methoxy groups -OCH3 is 1. The smallest absolute Gasteiger partial charge is 0.317 e. The lowest BCUT2D eigenvalue weighted by molar-refractivity contribution is 0.200. The molecule has 1 atom stereocenters. The van der Waals surface area contributed by atoms with E-state index in [1.165, 1.54) is 0 Å². The molecule has 2 amide bonds. The van der Waals surface area contributed by atoms with E-state index < -0.39 is 0 Å². The maximum absolute atomic E-state index is 12.1. The summed E-state index contributed by atoms with van der Waals surface area (Å²) < 4.78 is 5.41. The largest absolute Gasteiger partial charge is 0.495 e. The number of benzene rings is 1. The third-order valence-corrected chi connectivity index (χ3v) is 4.28. The number of halogens is 1. The average Bonchev–Trinajstić information content (AvgIpc) is 2.96. The molecular formula is C16H24ClN3O2. The minimum Gasteiger partial charge on any atom is -0.495 e. The number of anilines is 1. The standard InChI is InChI=1S/C16H24ClN3O2/c1-4-19(5-2)16(21)18-13-8-9-20(11-13)14-10-12(17)6-7-15(14)22-3/h6-7,10,13H,4-5,8-9,11H2,1-3H3,(H,18,21)/t13-/m1/s1. The second-order valence-corrected chi connectivity index (χ2v) is 5.81. The molecular weight excluding hydrogens is 302 g/mol. The van der Waals surface area contributed by atoms with E-state index >= 15 is 0 Å². The first-order valence-electron chi connectivity index (χ1n) is 7.73. The van der Waals surface area contributed by atoms with E-state index in [9.17, 15) is 4.79 Å². The highest BCUT2D eigenvalue weighted by atomic mass is 35.5. The third kappa shape index (κ3) is 3.77. The summed E-state index contributed by atoms with van der Waals surface area (Å²) in [5.41, 5.74) is 0.981. The van der Waals surface area contributed by atoms with Crippen LogP contribution in [0.4, 0.5) is 10.5 Å². The molecule has 1 aliphatic heterocycles. The highest BCUT2D eigenvalue weighted by Crippen LogP contribution is 2.33. The Morgan fingerprint density at radius 2 is 2.18 bits per heavy atom. The van der Waals surface area contributed by atoms with Gasteiger partial charge in [0.05, 0.1) is 12.8 Å². The second kappa shape index (κ2) is 7.58. The van der Waals surface area contributed by atoms with Gasteiger partial charge in [-0.2, -0.15) is 0 Å². The number of urea groups is 1. The lowest BCUT2D eigenvalue weighted by Gasteiger charge is -2.24. The van der Waals surface area contributed by atoms with Crippen LogP contribution < -0.4 is 15.0 Å². The quantitative estimate of drug-likeness (QED) is 0.905. The number of amides is 2. The summed E-state index contributed by atoms with van der Waals surface area (Å²) in [6.07, 6.45) is 0.919. The van der Waals surface area contributed by atoms with Crippen LogP contribution in [-0.2, 0) is 0 Å². The van der Waals surface area contributed by atoms with Crippen LogP contribution in [0.1, 0.15) is 20.3 Å². The molecule has 5 nitrogen and oxygen atoms in total. The van der Waals surface area contributed by atoms with E-state index in [0.29, 0.717) is 5.02 Å². The van der Waals surface area contributed by atoms with Crippen molar-refractivity contribution in [2.24, 2.45) is 0 Å². The number of hydrogen-bond acceptors (Lipinski definition) is 3. The number of nitrogens with zero attached hydrogens (tertiary/aromatic N) is 2. The molecule has 1 aromatic rings. The first kappa shape index (κ1) is 16.7. The number of rotatable bonds is 5. The zero-order valence-electron chi connectivity index (χ0n) is 13.4. The van der Waals surface area contributed by atoms with Crippen molar-refractivity contribution >= 4 is 23.3 Å². The summed E-state index contributed by atoms with van der Waals surface area (Å²) in [5.74, 6) is 0.806. The van der Waals surface area contributed by atoms with Gasteiger partial charge in [0.25, 0.3) is 0 Å². The molecule has 0 unspecified atom stereocenters. The Morgan fingerprint density at radius 3 is 2.82 bits per heavy atom. The molecule has 0 spiro atoms. The van der Waals surface area contributed by atoms with Crippen molar-refractivity contribution in [3.05, 3.63) is 23.2 Å². The molecule has 2 rings (SSSR count). The molecule has 0 saturated carbocycles. The fourth-order valence-corrected chi connectivity index (χ4v) is 2.95. The first-order valence-corrected chi connectivity index (χ1v) is 8.10. The summed E-state index contributed by atoms with van der Waals surface area (Å²) >= 11 is 6.09. The van der Waals surface area contributed by atoms with Crippen molar-refractivity contribution < 1.29 is 9.53 Å². The van der Waals surface area contributed by atoms with Crippen LogP contribution in [0.2, 0.25) is 5.02 Å². The van der Waals surface area contributed by atoms with Crippen LogP contribution in [0.5, 0.6) is 5.75 Å². The van der Waals surface area contributed by atoms with Gasteiger partial charge >= 0.3 is 6.03 Å². The molecule has 0 bridgehead atoms. The Hall–Kier alpha value is -1.62. The van der Waals surface area contributed by atoms with Gasteiger partial charge in [-0.25, -0.2) is 4.79 Å². The second-order valence-electron chi connectivity index (χ2n) is 5.37. The molecule has 0 radical (unpaired) electrons. The van der Waals surface area contributed by atoms with Crippen molar-refractivity contribution in [1.29, 1.82) is 0 Å². The summed E-state index contributed by atoms with van der Waals surface area (Å²) in [7, 11) is 1.66. The van der Waals surface area contributed by atoms with Crippen molar-refractivity contribution in [3.63, 3.8) is 0 Å². The van der Waals surface area contributed by atoms with Crippen LogP contribution in [0.25, 0.3) is 0 Å². The zero-order valence-corrected chi connectivity index (χ0v) is 14.2. The van der Waals surface area contributed by atoms with Crippen LogP contribution in [0, 0.1) is 0 Å². The molecule has 22 heavy (non-hydrogen) atoms. The van der Waals surface area contributed by atoms with Crippen LogP contribution in [0.15, 0.2) is 18.2 Å². The van der Waals surface area contributed by atoms with Crippen molar-refractivity contribution in [1.82, 2.24) is 10.2 Å². The molecule has 122 valence electrons. The van der Waals surface area contributed by atoms with Crippen molar-refractivity contribution in [2.45, 2.75) is 26.3 Å². The predicted molar refractivity (Wildman–Crippen MR) is 90.1 cm³/mol. The highest BCUT2D eigenvalue weighted by molar-refractivity contribution is 6.30. The lowest BCUT2D eigenvalue weighted by Crippen LogP contribution is -2.45. The summed E-state index contributed by atoms with van der Waals surface area (Å²) in [6.45, 7) is 7.06. The Bertz CT molecular complexity index is 520. The molecule has 1 N–H and O–H groups in total. The topological polar surface area (TPSA) is 44.8 Å². The van der Waals surface area contributed by atoms with Gasteiger partial charge in [0.15, 0.2) is 0 Å². The van der Waals surface area contributed by atoms with E-state index in [1.54, 1.807) is 12.0 Å².